The largest absolute Gasteiger partial charge is 0.481 e. The lowest BCUT2D eigenvalue weighted by Gasteiger charge is -2.12. The molecule has 29 heavy (non-hydrogen) atoms. The molecule has 0 bridgehead atoms. The van der Waals surface area contributed by atoms with Crippen LogP contribution in [0, 0.1) is 12.8 Å². The summed E-state index contributed by atoms with van der Waals surface area (Å²) in [6, 6.07) is 12.4. The second kappa shape index (κ2) is 9.37. The predicted molar refractivity (Wildman–Crippen MR) is 112 cm³/mol. The molecule has 0 unspecified atom stereocenters. The van der Waals surface area contributed by atoms with Crippen LogP contribution in [0.4, 0.5) is 0 Å². The third-order valence-electron chi connectivity index (χ3n) is 5.38. The van der Waals surface area contributed by atoms with Crippen molar-refractivity contribution in [3.63, 3.8) is 0 Å². The number of pyridine rings is 1. The molecule has 0 saturated carbocycles. The van der Waals surface area contributed by atoms with Crippen LogP contribution in [0.1, 0.15) is 37.7 Å². The number of carboxylic acid groups (broad SMARTS) is 2. The van der Waals surface area contributed by atoms with Gasteiger partial charge in [-0.2, -0.15) is 0 Å². The van der Waals surface area contributed by atoms with E-state index in [0.29, 0.717) is 6.42 Å². The molecule has 3 rings (SSSR count). The van der Waals surface area contributed by atoms with E-state index in [0.717, 1.165) is 31.4 Å². The highest BCUT2D eigenvalue weighted by atomic mass is 16.4. The van der Waals surface area contributed by atoms with E-state index >= 15 is 0 Å². The summed E-state index contributed by atoms with van der Waals surface area (Å²) in [6.45, 7) is 2.99. The van der Waals surface area contributed by atoms with Crippen molar-refractivity contribution in [3.05, 3.63) is 54.4 Å². The van der Waals surface area contributed by atoms with Gasteiger partial charge in [0.15, 0.2) is 5.92 Å². The molecular formula is C23H26N2O4. The number of rotatable bonds is 10. The van der Waals surface area contributed by atoms with Gasteiger partial charge in [0.05, 0.1) is 5.69 Å². The number of carboxylic acids is 2. The average molecular weight is 394 g/mol. The fraction of sp³-hybridized carbons (Fsp3) is 0.348. The molecule has 6 heteroatoms. The Morgan fingerprint density at radius 2 is 1.72 bits per heavy atom. The number of benzene rings is 1. The molecule has 0 fully saturated rings. The molecule has 2 aromatic heterocycles. The monoisotopic (exact) mass is 394 g/mol. The van der Waals surface area contributed by atoms with Crippen molar-refractivity contribution in [1.82, 2.24) is 9.55 Å². The highest BCUT2D eigenvalue weighted by Gasteiger charge is 2.24. The minimum absolute atomic E-state index is 0.178. The Kier molecular flexibility index (Phi) is 6.65. The minimum Gasteiger partial charge on any atom is -0.481 e. The van der Waals surface area contributed by atoms with Crippen molar-refractivity contribution >= 4 is 22.8 Å². The second-order valence-corrected chi connectivity index (χ2v) is 7.32. The molecular weight excluding hydrogens is 368 g/mol. The minimum atomic E-state index is -1.30. The number of fused-ring (bicyclic) bond motifs is 1. The van der Waals surface area contributed by atoms with Gasteiger partial charge in [0.1, 0.15) is 0 Å². The maximum absolute atomic E-state index is 11.0. The maximum atomic E-state index is 11.0. The van der Waals surface area contributed by atoms with Crippen LogP contribution in [0.15, 0.2) is 48.8 Å². The van der Waals surface area contributed by atoms with Crippen molar-refractivity contribution in [3.8, 4) is 11.3 Å². The third-order valence-corrected chi connectivity index (χ3v) is 5.38. The Bertz CT molecular complexity index is 981. The molecule has 3 aromatic rings. The summed E-state index contributed by atoms with van der Waals surface area (Å²) in [5.41, 5.74) is 4.70. The summed E-state index contributed by atoms with van der Waals surface area (Å²) in [5.74, 6) is -3.82. The number of nitrogens with zero attached hydrogens (tertiary/aromatic N) is 2. The highest BCUT2D eigenvalue weighted by Crippen LogP contribution is 2.33. The lowest BCUT2D eigenvalue weighted by Crippen LogP contribution is -2.23. The molecule has 0 aliphatic heterocycles. The molecule has 0 atom stereocenters. The number of aryl methyl sites for hydroxylation is 2. The molecule has 2 N–H and O–H groups in total. The maximum Gasteiger partial charge on any atom is 0.317 e. The number of aliphatic carboxylic acids is 2. The molecule has 0 aliphatic carbocycles. The van der Waals surface area contributed by atoms with E-state index in [1.54, 1.807) is 6.20 Å². The molecule has 0 aliphatic rings. The highest BCUT2D eigenvalue weighted by molar-refractivity contribution is 5.93. The van der Waals surface area contributed by atoms with Crippen LogP contribution in [0.2, 0.25) is 0 Å². The Hall–Kier alpha value is -3.15. The zero-order valence-electron chi connectivity index (χ0n) is 16.5. The van der Waals surface area contributed by atoms with Crippen molar-refractivity contribution in [2.24, 2.45) is 5.92 Å². The van der Waals surface area contributed by atoms with Crippen molar-refractivity contribution < 1.29 is 19.8 Å². The van der Waals surface area contributed by atoms with Crippen LogP contribution in [-0.4, -0.2) is 31.7 Å². The Labute approximate surface area is 169 Å². The first-order chi connectivity index (χ1) is 14.0. The smallest absolute Gasteiger partial charge is 0.317 e. The number of hydrogen-bond acceptors (Lipinski definition) is 3. The van der Waals surface area contributed by atoms with Crippen LogP contribution in [0.25, 0.3) is 22.2 Å². The summed E-state index contributed by atoms with van der Waals surface area (Å²) >= 11 is 0. The molecule has 0 spiro atoms. The SMILES string of the molecule is Cc1c(-c2cccnc2)n(CCCCCCC(C(=O)O)C(=O)O)c2ccccc12. The van der Waals surface area contributed by atoms with E-state index in [1.165, 1.54) is 22.2 Å². The summed E-state index contributed by atoms with van der Waals surface area (Å²) in [6.07, 6.45) is 7.11. The van der Waals surface area contributed by atoms with Crippen LogP contribution < -0.4 is 0 Å². The number of para-hydroxylation sites is 1. The van der Waals surface area contributed by atoms with Crippen molar-refractivity contribution in [2.45, 2.75) is 45.6 Å². The second-order valence-electron chi connectivity index (χ2n) is 7.32. The van der Waals surface area contributed by atoms with E-state index in [-0.39, 0.29) is 6.42 Å². The molecule has 0 amide bonds. The van der Waals surface area contributed by atoms with E-state index in [9.17, 15) is 9.59 Å². The third kappa shape index (κ3) is 4.65. The topological polar surface area (TPSA) is 92.4 Å². The lowest BCUT2D eigenvalue weighted by molar-refractivity contribution is -0.154. The molecule has 2 heterocycles. The molecule has 1 aromatic carbocycles. The van der Waals surface area contributed by atoms with Gasteiger partial charge in [-0.25, -0.2) is 0 Å². The molecule has 6 nitrogen and oxygen atoms in total. The van der Waals surface area contributed by atoms with Crippen LogP contribution in [0.3, 0.4) is 0 Å². The van der Waals surface area contributed by atoms with Gasteiger partial charge < -0.3 is 14.8 Å². The normalized spacial score (nSPS) is 11.2. The van der Waals surface area contributed by atoms with E-state index in [4.69, 9.17) is 10.2 Å². The Morgan fingerprint density at radius 1 is 1.00 bits per heavy atom. The molecule has 0 saturated heterocycles. The van der Waals surface area contributed by atoms with Crippen molar-refractivity contribution in [2.75, 3.05) is 0 Å². The van der Waals surface area contributed by atoms with Crippen LogP contribution >= 0.6 is 0 Å². The van der Waals surface area contributed by atoms with Gasteiger partial charge in [-0.05, 0) is 43.5 Å². The summed E-state index contributed by atoms with van der Waals surface area (Å²) in [4.78, 5) is 26.2. The van der Waals surface area contributed by atoms with Gasteiger partial charge >= 0.3 is 11.9 Å². The van der Waals surface area contributed by atoms with Gasteiger partial charge in [0.25, 0.3) is 0 Å². The van der Waals surface area contributed by atoms with Gasteiger partial charge in [0, 0.05) is 35.4 Å². The quantitative estimate of drug-likeness (QED) is 0.382. The standard InChI is InChI=1S/C23H26N2O4/c1-16-18-10-5-6-12-20(18)25(21(16)17-9-8-13-24-15-17)14-7-3-2-4-11-19(22(26)27)23(28)29/h5-6,8-10,12-13,15,19H,2-4,7,11,14H2,1H3,(H,26,27)(H,28,29). The zero-order valence-corrected chi connectivity index (χ0v) is 16.5. The first-order valence-corrected chi connectivity index (χ1v) is 9.94. The first kappa shape index (κ1) is 20.6. The van der Waals surface area contributed by atoms with Crippen LogP contribution in [0.5, 0.6) is 0 Å². The van der Waals surface area contributed by atoms with Gasteiger partial charge in [0.2, 0.25) is 0 Å². The summed E-state index contributed by atoms with van der Waals surface area (Å²) in [7, 11) is 0. The Morgan fingerprint density at radius 3 is 2.41 bits per heavy atom. The van der Waals surface area contributed by atoms with E-state index in [2.05, 4.69) is 34.7 Å². The van der Waals surface area contributed by atoms with E-state index < -0.39 is 17.9 Å². The lowest BCUT2D eigenvalue weighted by atomic mass is 10.0. The van der Waals surface area contributed by atoms with E-state index in [1.807, 2.05) is 24.4 Å². The average Bonchev–Trinajstić information content (AvgIpc) is 2.99. The summed E-state index contributed by atoms with van der Waals surface area (Å²) in [5, 5.41) is 19.1. The van der Waals surface area contributed by atoms with Gasteiger partial charge in [-0.15, -0.1) is 0 Å². The molecule has 0 radical (unpaired) electrons. The zero-order chi connectivity index (χ0) is 20.8. The number of carbonyl (C=O) groups is 2. The van der Waals surface area contributed by atoms with Gasteiger partial charge in [-0.3, -0.25) is 14.6 Å². The number of aromatic nitrogens is 2. The Balaban J connectivity index is 1.67. The summed E-state index contributed by atoms with van der Waals surface area (Å²) < 4.78 is 2.33. The predicted octanol–water partition coefficient (Wildman–Crippen LogP) is 4.75. The van der Waals surface area contributed by atoms with Crippen LogP contribution in [-0.2, 0) is 16.1 Å². The number of hydrogen-bond donors (Lipinski definition) is 2. The van der Waals surface area contributed by atoms with Crippen molar-refractivity contribution in [1.29, 1.82) is 0 Å². The fourth-order valence-corrected chi connectivity index (χ4v) is 3.91. The van der Waals surface area contributed by atoms with Gasteiger partial charge in [-0.1, -0.05) is 37.5 Å². The number of unbranched alkanes of at least 4 members (excludes halogenated alkanes) is 3. The first-order valence-electron chi connectivity index (χ1n) is 9.94. The fourth-order valence-electron chi connectivity index (χ4n) is 3.91. The molecule has 152 valence electrons.